The predicted molar refractivity (Wildman–Crippen MR) is 75.3 cm³/mol. The Kier molecular flexibility index (Phi) is 4.99. The van der Waals surface area contributed by atoms with E-state index in [9.17, 15) is 13.6 Å². The van der Waals surface area contributed by atoms with Crippen molar-refractivity contribution < 1.29 is 18.7 Å². The Morgan fingerprint density at radius 3 is 2.75 bits per heavy atom. The number of hydrogen-bond acceptors (Lipinski definition) is 3. The van der Waals surface area contributed by atoms with Crippen LogP contribution in [0.1, 0.15) is 12.0 Å². The van der Waals surface area contributed by atoms with Crippen LogP contribution in [0.25, 0.3) is 0 Å². The number of alkyl halides is 2. The molecule has 1 aromatic carbocycles. The minimum absolute atomic E-state index is 0.0210. The highest BCUT2D eigenvalue weighted by Crippen LogP contribution is 2.31. The van der Waals surface area contributed by atoms with Crippen molar-refractivity contribution in [1.29, 1.82) is 0 Å². The molecule has 1 N–H and O–H groups in total. The van der Waals surface area contributed by atoms with E-state index in [4.69, 9.17) is 5.11 Å². The van der Waals surface area contributed by atoms with Gasteiger partial charge < -0.3 is 5.11 Å². The fourth-order valence-corrected chi connectivity index (χ4v) is 3.45. The monoisotopic (exact) mass is 301 g/mol. The topological polar surface area (TPSA) is 40.5 Å². The first kappa shape index (κ1) is 15.3. The van der Waals surface area contributed by atoms with Gasteiger partial charge in [-0.3, -0.25) is 9.69 Å². The van der Waals surface area contributed by atoms with Crippen LogP contribution in [0.4, 0.5) is 8.78 Å². The number of aliphatic carboxylic acids is 1. The van der Waals surface area contributed by atoms with E-state index >= 15 is 0 Å². The summed E-state index contributed by atoms with van der Waals surface area (Å²) in [5.74, 6) is -2.54. The van der Waals surface area contributed by atoms with Gasteiger partial charge >= 0.3 is 5.97 Å². The Labute approximate surface area is 121 Å². The molecular formula is C14H17F2NO2S. The highest BCUT2D eigenvalue weighted by molar-refractivity contribution is 7.99. The van der Waals surface area contributed by atoms with Crippen LogP contribution in [0.2, 0.25) is 0 Å². The highest BCUT2D eigenvalue weighted by atomic mass is 32.2. The van der Waals surface area contributed by atoms with E-state index in [1.165, 1.54) is 12.1 Å². The maximum absolute atomic E-state index is 14.3. The molecule has 1 saturated heterocycles. The Balaban J connectivity index is 2.07. The lowest BCUT2D eigenvalue weighted by Gasteiger charge is -2.36. The molecule has 1 unspecified atom stereocenters. The summed E-state index contributed by atoms with van der Waals surface area (Å²) in [5, 5.41) is 8.88. The van der Waals surface area contributed by atoms with Gasteiger partial charge in [-0.25, -0.2) is 0 Å². The van der Waals surface area contributed by atoms with Gasteiger partial charge in [0.25, 0.3) is 5.92 Å². The quantitative estimate of drug-likeness (QED) is 0.908. The molecule has 6 heteroatoms. The van der Waals surface area contributed by atoms with Gasteiger partial charge in [-0.05, 0) is 0 Å². The highest BCUT2D eigenvalue weighted by Gasteiger charge is 2.37. The van der Waals surface area contributed by atoms with Crippen LogP contribution >= 0.6 is 11.8 Å². The Hall–Kier alpha value is -1.14. The summed E-state index contributed by atoms with van der Waals surface area (Å²) < 4.78 is 28.5. The van der Waals surface area contributed by atoms with E-state index in [0.717, 1.165) is 5.75 Å². The minimum atomic E-state index is -2.96. The zero-order chi connectivity index (χ0) is 14.6. The summed E-state index contributed by atoms with van der Waals surface area (Å²) in [6.07, 6.45) is -0.0854. The number of carbonyl (C=O) groups is 1. The third-order valence-corrected chi connectivity index (χ3v) is 4.45. The van der Waals surface area contributed by atoms with Crippen LogP contribution in [0.5, 0.6) is 0 Å². The summed E-state index contributed by atoms with van der Waals surface area (Å²) in [6, 6.07) is 7.37. The van der Waals surface area contributed by atoms with Crippen LogP contribution in [0, 0.1) is 0 Å². The van der Waals surface area contributed by atoms with Crippen molar-refractivity contribution in [2.75, 3.05) is 24.6 Å². The van der Waals surface area contributed by atoms with Crippen molar-refractivity contribution in [2.45, 2.75) is 18.4 Å². The molecule has 1 aliphatic rings. The number of hydrogen-bond donors (Lipinski definition) is 1. The molecule has 0 bridgehead atoms. The van der Waals surface area contributed by atoms with Gasteiger partial charge in [-0.1, -0.05) is 30.3 Å². The first-order valence-electron chi connectivity index (χ1n) is 6.46. The Bertz CT molecular complexity index is 456. The molecule has 20 heavy (non-hydrogen) atoms. The molecule has 0 radical (unpaired) electrons. The molecule has 2 rings (SSSR count). The van der Waals surface area contributed by atoms with Crippen molar-refractivity contribution in [3.8, 4) is 0 Å². The lowest BCUT2D eigenvalue weighted by atomic mass is 10.1. The van der Waals surface area contributed by atoms with Gasteiger partial charge in [0.1, 0.15) is 0 Å². The summed E-state index contributed by atoms with van der Waals surface area (Å²) in [6.45, 7) is 0.0839. The minimum Gasteiger partial charge on any atom is -0.481 e. The molecule has 110 valence electrons. The fraction of sp³-hybridized carbons (Fsp3) is 0.500. The summed E-state index contributed by atoms with van der Waals surface area (Å²) in [4.78, 5) is 12.4. The third kappa shape index (κ3) is 3.93. The number of nitrogens with zero attached hydrogens (tertiary/aromatic N) is 1. The maximum Gasteiger partial charge on any atom is 0.304 e. The lowest BCUT2D eigenvalue weighted by Crippen LogP contribution is -2.48. The van der Waals surface area contributed by atoms with Crippen molar-refractivity contribution in [3.05, 3.63) is 35.9 Å². The molecule has 0 aliphatic carbocycles. The van der Waals surface area contributed by atoms with Crippen molar-refractivity contribution in [3.63, 3.8) is 0 Å². The van der Waals surface area contributed by atoms with E-state index in [-0.39, 0.29) is 18.0 Å². The number of thioether (sulfide) groups is 1. The van der Waals surface area contributed by atoms with E-state index in [2.05, 4.69) is 0 Å². The van der Waals surface area contributed by atoms with Gasteiger partial charge in [-0.2, -0.15) is 20.5 Å². The number of halogens is 2. The maximum atomic E-state index is 14.3. The average Bonchev–Trinajstić information content (AvgIpc) is 2.41. The van der Waals surface area contributed by atoms with Gasteiger partial charge in [0.2, 0.25) is 0 Å². The average molecular weight is 301 g/mol. The summed E-state index contributed by atoms with van der Waals surface area (Å²) in [7, 11) is 0. The molecule has 0 amide bonds. The normalized spacial score (nSPS) is 20.8. The Morgan fingerprint density at radius 1 is 1.40 bits per heavy atom. The molecule has 0 aromatic heterocycles. The van der Waals surface area contributed by atoms with E-state index in [0.29, 0.717) is 12.3 Å². The molecular weight excluding hydrogens is 284 g/mol. The number of carboxylic acids is 1. The zero-order valence-electron chi connectivity index (χ0n) is 11.0. The van der Waals surface area contributed by atoms with E-state index in [1.807, 2.05) is 0 Å². The van der Waals surface area contributed by atoms with Gasteiger partial charge in [0.15, 0.2) is 0 Å². The largest absolute Gasteiger partial charge is 0.481 e. The molecule has 1 aromatic rings. The molecule has 0 spiro atoms. The first-order chi connectivity index (χ1) is 9.49. The number of carboxylic acid groups (broad SMARTS) is 1. The van der Waals surface area contributed by atoms with Crippen LogP contribution in [-0.4, -0.2) is 46.6 Å². The van der Waals surface area contributed by atoms with Crippen LogP contribution in [0.15, 0.2) is 30.3 Å². The standard InChI is InChI=1S/C14H17F2NO2S/c15-14(16,11-4-2-1-3-5-11)10-17-6-7-20-9-12(17)8-13(18)19/h1-5,12H,6-10H2,(H,18,19). The third-order valence-electron chi connectivity index (χ3n) is 3.36. The fourth-order valence-electron chi connectivity index (χ4n) is 2.32. The molecule has 3 nitrogen and oxygen atoms in total. The van der Waals surface area contributed by atoms with Crippen LogP contribution in [0.3, 0.4) is 0 Å². The van der Waals surface area contributed by atoms with Crippen molar-refractivity contribution in [2.24, 2.45) is 0 Å². The van der Waals surface area contributed by atoms with Gasteiger partial charge in [0.05, 0.1) is 13.0 Å². The molecule has 0 saturated carbocycles. The number of rotatable bonds is 5. The van der Waals surface area contributed by atoms with Crippen molar-refractivity contribution in [1.82, 2.24) is 4.90 Å². The number of benzene rings is 1. The van der Waals surface area contributed by atoms with Crippen molar-refractivity contribution >= 4 is 17.7 Å². The van der Waals surface area contributed by atoms with Gasteiger partial charge in [0, 0.05) is 29.7 Å². The summed E-state index contributed by atoms with van der Waals surface area (Å²) in [5.41, 5.74) is -0.0210. The van der Waals surface area contributed by atoms with Gasteiger partial charge in [-0.15, -0.1) is 0 Å². The smallest absolute Gasteiger partial charge is 0.304 e. The SMILES string of the molecule is O=C(O)CC1CSCCN1CC(F)(F)c1ccccc1. The molecule has 1 aliphatic heterocycles. The second-order valence-corrected chi connectivity index (χ2v) is 6.02. The first-order valence-corrected chi connectivity index (χ1v) is 7.61. The summed E-state index contributed by atoms with van der Waals surface area (Å²) >= 11 is 1.62. The van der Waals surface area contributed by atoms with E-state index < -0.39 is 18.4 Å². The van der Waals surface area contributed by atoms with E-state index in [1.54, 1.807) is 34.9 Å². The molecule has 1 atom stereocenters. The van der Waals surface area contributed by atoms with Crippen LogP contribution in [-0.2, 0) is 10.7 Å². The predicted octanol–water partition coefficient (Wildman–Crippen LogP) is 2.67. The molecule has 1 heterocycles. The second kappa shape index (κ2) is 6.54. The lowest BCUT2D eigenvalue weighted by molar-refractivity contribution is -0.139. The van der Waals surface area contributed by atoms with Crippen LogP contribution < -0.4 is 0 Å². The Morgan fingerprint density at radius 2 is 2.10 bits per heavy atom. The second-order valence-electron chi connectivity index (χ2n) is 4.87. The zero-order valence-corrected chi connectivity index (χ0v) is 11.8. The molecule has 1 fully saturated rings.